The molecule has 0 fully saturated rings. The van der Waals surface area contributed by atoms with Crippen LogP contribution in [-0.4, -0.2) is 38.1 Å². The summed E-state index contributed by atoms with van der Waals surface area (Å²) in [4.78, 5) is 34.1. The van der Waals surface area contributed by atoms with Crippen LogP contribution in [0.5, 0.6) is 0 Å². The number of rotatable bonds is 6. The van der Waals surface area contributed by atoms with Crippen LogP contribution in [0.25, 0.3) is 27.5 Å². The van der Waals surface area contributed by atoms with E-state index < -0.39 is 5.97 Å². The molecule has 3 aromatic heterocycles. The van der Waals surface area contributed by atoms with E-state index in [0.717, 1.165) is 56.6 Å². The molecule has 0 bridgehead atoms. The quantitative estimate of drug-likeness (QED) is 0.324. The first-order valence-electron chi connectivity index (χ1n) is 11.4. The van der Waals surface area contributed by atoms with Gasteiger partial charge in [0.25, 0.3) is 0 Å². The SMILES string of the molecule is CCOC(=O)c1ccc(-n2nc(-c3ccc(C)nc3)c3c2-c2sc(CC(C)=O)nc2CC3)c(Cl)c1. The van der Waals surface area contributed by atoms with Crippen LogP contribution in [-0.2, 0) is 28.8 Å². The second kappa shape index (κ2) is 9.36. The number of ether oxygens (including phenoxy) is 1. The zero-order chi connectivity index (χ0) is 24.7. The van der Waals surface area contributed by atoms with Crippen molar-refractivity contribution in [2.45, 2.75) is 40.0 Å². The van der Waals surface area contributed by atoms with E-state index in [0.29, 0.717) is 22.7 Å². The Morgan fingerprint density at radius 3 is 2.71 bits per heavy atom. The minimum absolute atomic E-state index is 0.0776. The highest BCUT2D eigenvalue weighted by molar-refractivity contribution is 7.15. The molecule has 0 N–H and O–H groups in total. The second-order valence-corrected chi connectivity index (χ2v) is 9.92. The minimum Gasteiger partial charge on any atom is -0.462 e. The van der Waals surface area contributed by atoms with Gasteiger partial charge in [-0.1, -0.05) is 11.6 Å². The largest absolute Gasteiger partial charge is 0.462 e. The monoisotopic (exact) mass is 506 g/mol. The number of aryl methyl sites for hydroxylation is 2. The Hall–Kier alpha value is -3.36. The summed E-state index contributed by atoms with van der Waals surface area (Å²) in [6, 6.07) is 9.06. The highest BCUT2D eigenvalue weighted by atomic mass is 35.5. The van der Waals surface area contributed by atoms with Gasteiger partial charge in [0, 0.05) is 23.0 Å². The number of esters is 1. The molecule has 0 saturated carbocycles. The number of fused-ring (bicyclic) bond motifs is 3. The molecule has 0 unspecified atom stereocenters. The van der Waals surface area contributed by atoms with Gasteiger partial charge in [0.2, 0.25) is 0 Å². The van der Waals surface area contributed by atoms with Gasteiger partial charge in [0.1, 0.15) is 10.8 Å². The molecule has 0 aliphatic heterocycles. The maximum absolute atomic E-state index is 12.2. The van der Waals surface area contributed by atoms with Crippen molar-refractivity contribution >= 4 is 34.7 Å². The highest BCUT2D eigenvalue weighted by Gasteiger charge is 2.30. The third-order valence-corrected chi connectivity index (χ3v) is 7.23. The van der Waals surface area contributed by atoms with Gasteiger partial charge in [-0.15, -0.1) is 11.3 Å². The van der Waals surface area contributed by atoms with Crippen LogP contribution in [0.2, 0.25) is 5.02 Å². The lowest BCUT2D eigenvalue weighted by atomic mass is 9.95. The Bertz CT molecular complexity index is 1460. The topological polar surface area (TPSA) is 87.0 Å². The number of pyridine rings is 1. The average Bonchev–Trinajstić information content (AvgIpc) is 3.40. The second-order valence-electron chi connectivity index (χ2n) is 8.42. The van der Waals surface area contributed by atoms with E-state index >= 15 is 0 Å². The van der Waals surface area contributed by atoms with Crippen molar-refractivity contribution < 1.29 is 14.3 Å². The molecule has 9 heteroatoms. The lowest BCUT2D eigenvalue weighted by molar-refractivity contribution is -0.116. The number of hydrogen-bond donors (Lipinski definition) is 0. The van der Waals surface area contributed by atoms with Crippen molar-refractivity contribution in [3.63, 3.8) is 0 Å². The number of nitrogens with zero attached hydrogens (tertiary/aromatic N) is 4. The fraction of sp³-hybridized carbons (Fsp3) is 0.269. The van der Waals surface area contributed by atoms with E-state index in [1.54, 1.807) is 32.0 Å². The molecular weight excluding hydrogens is 484 g/mol. The van der Waals surface area contributed by atoms with Crippen molar-refractivity contribution in [3.05, 3.63) is 69.1 Å². The van der Waals surface area contributed by atoms with Crippen molar-refractivity contribution in [2.75, 3.05) is 6.61 Å². The smallest absolute Gasteiger partial charge is 0.338 e. The Kier molecular flexibility index (Phi) is 6.25. The minimum atomic E-state index is -0.423. The Labute approximate surface area is 211 Å². The third-order valence-electron chi connectivity index (χ3n) is 5.82. The molecule has 0 saturated heterocycles. The third kappa shape index (κ3) is 4.39. The van der Waals surface area contributed by atoms with Crippen LogP contribution < -0.4 is 0 Å². The number of thiazole rings is 1. The predicted octanol–water partition coefficient (Wildman–Crippen LogP) is 5.43. The van der Waals surface area contributed by atoms with Gasteiger partial charge >= 0.3 is 5.97 Å². The average molecular weight is 507 g/mol. The van der Waals surface area contributed by atoms with Crippen LogP contribution in [0.15, 0.2) is 36.5 Å². The Morgan fingerprint density at radius 1 is 1.20 bits per heavy atom. The zero-order valence-electron chi connectivity index (χ0n) is 19.6. The molecular formula is C26H23ClN4O3S. The van der Waals surface area contributed by atoms with Gasteiger partial charge in [-0.2, -0.15) is 5.10 Å². The highest BCUT2D eigenvalue weighted by Crippen LogP contribution is 2.43. The fourth-order valence-electron chi connectivity index (χ4n) is 4.24. The number of ketones is 1. The molecule has 1 aliphatic carbocycles. The van der Waals surface area contributed by atoms with Crippen molar-refractivity contribution in [3.8, 4) is 27.5 Å². The maximum atomic E-state index is 12.2. The molecule has 5 rings (SSSR count). The van der Waals surface area contributed by atoms with E-state index in [1.165, 1.54) is 11.3 Å². The van der Waals surface area contributed by atoms with E-state index in [1.807, 2.05) is 29.9 Å². The number of halogens is 1. The Balaban J connectivity index is 1.70. The van der Waals surface area contributed by atoms with Crippen molar-refractivity contribution in [1.29, 1.82) is 0 Å². The van der Waals surface area contributed by atoms with Gasteiger partial charge in [-0.3, -0.25) is 9.78 Å². The molecule has 0 spiro atoms. The predicted molar refractivity (Wildman–Crippen MR) is 135 cm³/mol. The Morgan fingerprint density at radius 2 is 2.03 bits per heavy atom. The van der Waals surface area contributed by atoms with Crippen LogP contribution in [0, 0.1) is 6.92 Å². The first-order valence-corrected chi connectivity index (χ1v) is 12.6. The summed E-state index contributed by atoms with van der Waals surface area (Å²) in [5.41, 5.74) is 6.69. The molecule has 0 amide bonds. The van der Waals surface area contributed by atoms with Crippen molar-refractivity contribution in [2.24, 2.45) is 0 Å². The van der Waals surface area contributed by atoms with E-state index in [4.69, 9.17) is 26.4 Å². The molecule has 7 nitrogen and oxygen atoms in total. The molecule has 0 radical (unpaired) electrons. The number of Topliss-reactive ketones (excluding diaryl/α,β-unsaturated/α-hetero) is 1. The normalized spacial score (nSPS) is 12.2. The molecule has 4 aromatic rings. The van der Waals surface area contributed by atoms with Crippen LogP contribution in [0.4, 0.5) is 0 Å². The summed E-state index contributed by atoms with van der Waals surface area (Å²) in [5.74, 6) is -0.345. The van der Waals surface area contributed by atoms with Gasteiger partial charge in [-0.25, -0.2) is 14.5 Å². The summed E-state index contributed by atoms with van der Waals surface area (Å²) in [5, 5.41) is 6.17. The number of aromatic nitrogens is 4. The van der Waals surface area contributed by atoms with E-state index in [2.05, 4.69) is 4.98 Å². The van der Waals surface area contributed by atoms with Gasteiger partial charge in [0.15, 0.2) is 0 Å². The molecule has 0 atom stereocenters. The first-order chi connectivity index (χ1) is 16.9. The number of carbonyl (C=O) groups is 2. The lowest BCUT2D eigenvalue weighted by Gasteiger charge is -2.15. The van der Waals surface area contributed by atoms with Crippen LogP contribution in [0.1, 0.15) is 46.2 Å². The van der Waals surface area contributed by atoms with Gasteiger partial charge < -0.3 is 4.74 Å². The van der Waals surface area contributed by atoms with E-state index in [9.17, 15) is 9.59 Å². The summed E-state index contributed by atoms with van der Waals surface area (Å²) in [7, 11) is 0. The number of carbonyl (C=O) groups excluding carboxylic acids is 2. The molecule has 3 heterocycles. The summed E-state index contributed by atoms with van der Waals surface area (Å²) in [6.07, 6.45) is 3.67. The van der Waals surface area contributed by atoms with Crippen LogP contribution in [0.3, 0.4) is 0 Å². The number of benzene rings is 1. The lowest BCUT2D eigenvalue weighted by Crippen LogP contribution is -2.08. The summed E-state index contributed by atoms with van der Waals surface area (Å²) in [6.45, 7) is 5.57. The maximum Gasteiger partial charge on any atom is 0.338 e. The molecule has 1 aliphatic rings. The van der Waals surface area contributed by atoms with Crippen molar-refractivity contribution in [1.82, 2.24) is 19.7 Å². The zero-order valence-corrected chi connectivity index (χ0v) is 21.2. The first kappa shape index (κ1) is 23.4. The summed E-state index contributed by atoms with van der Waals surface area (Å²) < 4.78 is 6.94. The standard InChI is InChI=1S/C26H23ClN4O3S/c1-4-34-26(33)16-7-10-21(19(27)12-16)31-24-18(23(30-31)17-6-5-14(2)28-13-17)8-9-20-25(24)35-22(29-20)11-15(3)32/h5-7,10,12-13H,4,8-9,11H2,1-3H3. The molecule has 178 valence electrons. The van der Waals surface area contributed by atoms with E-state index in [-0.39, 0.29) is 12.4 Å². The molecule has 1 aromatic carbocycles. The van der Waals surface area contributed by atoms with Crippen LogP contribution >= 0.6 is 22.9 Å². The summed E-state index contributed by atoms with van der Waals surface area (Å²) >= 11 is 8.21. The number of hydrogen-bond acceptors (Lipinski definition) is 7. The fourth-order valence-corrected chi connectivity index (χ4v) is 5.74. The van der Waals surface area contributed by atoms with Gasteiger partial charge in [-0.05, 0) is 63.9 Å². The molecule has 35 heavy (non-hydrogen) atoms. The van der Waals surface area contributed by atoms with Gasteiger partial charge in [0.05, 0.1) is 51.3 Å².